The van der Waals surface area contributed by atoms with Gasteiger partial charge in [-0.25, -0.2) is 4.79 Å². The Morgan fingerprint density at radius 2 is 2.00 bits per heavy atom. The van der Waals surface area contributed by atoms with Gasteiger partial charge in [0.05, 0.1) is 6.54 Å². The van der Waals surface area contributed by atoms with Crippen LogP contribution in [0, 0.1) is 12.8 Å². The Bertz CT molecular complexity index is 905. The summed E-state index contributed by atoms with van der Waals surface area (Å²) >= 11 is 0. The number of carboxylic acid groups (broad SMARTS) is 1. The number of amides is 1. The zero-order valence-corrected chi connectivity index (χ0v) is 15.1. The second-order valence-corrected chi connectivity index (χ2v) is 6.72. The first-order valence-electron chi connectivity index (χ1n) is 8.49. The maximum Gasteiger partial charge on any atom is 0.573 e. The Kier molecular flexibility index (Phi) is 5.10. The number of furan rings is 1. The quantitative estimate of drug-likeness (QED) is 0.799. The Balaban J connectivity index is 1.67. The third kappa shape index (κ3) is 4.29. The van der Waals surface area contributed by atoms with Crippen LogP contribution in [-0.4, -0.2) is 35.3 Å². The average Bonchev–Trinajstić information content (AvgIpc) is 3.29. The fourth-order valence-electron chi connectivity index (χ4n) is 3.24. The predicted molar refractivity (Wildman–Crippen MR) is 90.9 cm³/mol. The lowest BCUT2D eigenvalue weighted by Gasteiger charge is -2.16. The molecule has 9 heteroatoms. The molecule has 0 spiro atoms. The van der Waals surface area contributed by atoms with Crippen LogP contribution in [0.15, 0.2) is 34.7 Å². The highest BCUT2D eigenvalue weighted by Gasteiger charge is 2.47. The Labute approximate surface area is 158 Å². The van der Waals surface area contributed by atoms with Crippen molar-refractivity contribution in [3.63, 3.8) is 0 Å². The summed E-state index contributed by atoms with van der Waals surface area (Å²) < 4.78 is 47.1. The summed E-state index contributed by atoms with van der Waals surface area (Å²) in [4.78, 5) is 25.1. The highest BCUT2D eigenvalue weighted by Crippen LogP contribution is 2.51. The van der Waals surface area contributed by atoms with E-state index in [-0.39, 0.29) is 35.4 Å². The maximum atomic E-state index is 12.6. The van der Waals surface area contributed by atoms with E-state index >= 15 is 0 Å². The summed E-state index contributed by atoms with van der Waals surface area (Å²) in [7, 11) is 1.54. The molecule has 1 heterocycles. The molecule has 1 aliphatic carbocycles. The average molecular weight is 397 g/mol. The number of aromatic carboxylic acids is 1. The molecule has 0 saturated heterocycles. The van der Waals surface area contributed by atoms with Crippen LogP contribution >= 0.6 is 0 Å². The fourth-order valence-corrected chi connectivity index (χ4v) is 3.24. The van der Waals surface area contributed by atoms with Crippen molar-refractivity contribution in [2.45, 2.75) is 32.2 Å². The predicted octanol–water partition coefficient (Wildman–Crippen LogP) is 3.95. The van der Waals surface area contributed by atoms with Gasteiger partial charge in [-0.2, -0.15) is 0 Å². The van der Waals surface area contributed by atoms with Crippen LogP contribution in [-0.2, 0) is 11.3 Å². The van der Waals surface area contributed by atoms with Gasteiger partial charge < -0.3 is 19.2 Å². The number of nitrogens with zero attached hydrogens (tertiary/aromatic N) is 1. The third-order valence-electron chi connectivity index (χ3n) is 4.62. The van der Waals surface area contributed by atoms with Crippen LogP contribution in [0.25, 0.3) is 0 Å². The van der Waals surface area contributed by atoms with Crippen molar-refractivity contribution in [2.75, 3.05) is 7.05 Å². The van der Waals surface area contributed by atoms with E-state index in [0.29, 0.717) is 17.7 Å². The lowest BCUT2D eigenvalue weighted by Crippen LogP contribution is -2.28. The van der Waals surface area contributed by atoms with Crippen molar-refractivity contribution >= 4 is 11.9 Å². The summed E-state index contributed by atoms with van der Waals surface area (Å²) in [6.07, 6.45) is -4.39. The summed E-state index contributed by atoms with van der Waals surface area (Å²) in [6.45, 7) is 1.58. The van der Waals surface area contributed by atoms with E-state index < -0.39 is 18.2 Å². The highest BCUT2D eigenvalue weighted by atomic mass is 19.4. The molecule has 2 atom stereocenters. The van der Waals surface area contributed by atoms with E-state index in [1.54, 1.807) is 6.07 Å². The summed E-state index contributed by atoms with van der Waals surface area (Å²) in [5, 5.41) is 9.06. The molecule has 0 radical (unpaired) electrons. The molecule has 0 bridgehead atoms. The van der Waals surface area contributed by atoms with Gasteiger partial charge in [0.15, 0.2) is 0 Å². The maximum absolute atomic E-state index is 12.6. The molecule has 3 rings (SSSR count). The largest absolute Gasteiger partial charge is 0.573 e. The highest BCUT2D eigenvalue weighted by molar-refractivity contribution is 5.89. The lowest BCUT2D eigenvalue weighted by molar-refractivity contribution is -0.274. The SMILES string of the molecule is Cc1oc(CN(C)C(=O)C2CC2c2ccccc2OC(F)(F)F)cc1C(=O)O. The van der Waals surface area contributed by atoms with Crippen LogP contribution in [0.1, 0.15) is 39.8 Å². The number of hydrogen-bond acceptors (Lipinski definition) is 4. The van der Waals surface area contributed by atoms with Gasteiger partial charge in [0.1, 0.15) is 22.8 Å². The minimum absolute atomic E-state index is 0.0263. The number of benzene rings is 1. The zero-order valence-electron chi connectivity index (χ0n) is 15.1. The number of aryl methyl sites for hydroxylation is 1. The van der Waals surface area contributed by atoms with E-state index in [2.05, 4.69) is 4.74 Å². The first-order chi connectivity index (χ1) is 13.1. The second kappa shape index (κ2) is 7.21. The number of halogens is 3. The zero-order chi connectivity index (χ0) is 20.6. The van der Waals surface area contributed by atoms with Gasteiger partial charge >= 0.3 is 12.3 Å². The number of carbonyl (C=O) groups excluding carboxylic acids is 1. The molecule has 1 aromatic carbocycles. The molecular formula is C19H18F3NO5. The van der Waals surface area contributed by atoms with Gasteiger partial charge in [-0.05, 0) is 37.0 Å². The number of carboxylic acids is 1. The van der Waals surface area contributed by atoms with E-state index in [4.69, 9.17) is 9.52 Å². The number of ether oxygens (including phenoxy) is 1. The van der Waals surface area contributed by atoms with Gasteiger partial charge in [0.25, 0.3) is 0 Å². The van der Waals surface area contributed by atoms with Crippen LogP contribution < -0.4 is 4.74 Å². The molecule has 150 valence electrons. The molecule has 1 N–H and O–H groups in total. The van der Waals surface area contributed by atoms with E-state index in [1.165, 1.54) is 43.1 Å². The lowest BCUT2D eigenvalue weighted by atomic mass is 10.1. The number of rotatable bonds is 6. The van der Waals surface area contributed by atoms with Crippen LogP contribution in [0.5, 0.6) is 5.75 Å². The smallest absolute Gasteiger partial charge is 0.478 e. The Morgan fingerprint density at radius 3 is 2.61 bits per heavy atom. The molecule has 1 aliphatic rings. The number of hydrogen-bond donors (Lipinski definition) is 1. The van der Waals surface area contributed by atoms with Crippen molar-refractivity contribution in [3.8, 4) is 5.75 Å². The van der Waals surface area contributed by atoms with Gasteiger partial charge in [0, 0.05) is 13.0 Å². The molecule has 1 saturated carbocycles. The topological polar surface area (TPSA) is 80.0 Å². The van der Waals surface area contributed by atoms with Crippen LogP contribution in [0.3, 0.4) is 0 Å². The molecular weight excluding hydrogens is 379 g/mol. The second-order valence-electron chi connectivity index (χ2n) is 6.72. The van der Waals surface area contributed by atoms with E-state index in [1.807, 2.05) is 0 Å². The summed E-state index contributed by atoms with van der Waals surface area (Å²) in [5.41, 5.74) is 0.368. The van der Waals surface area contributed by atoms with Crippen molar-refractivity contribution < 1.29 is 37.0 Å². The van der Waals surface area contributed by atoms with Crippen molar-refractivity contribution in [1.29, 1.82) is 0 Å². The van der Waals surface area contributed by atoms with Crippen molar-refractivity contribution in [1.82, 2.24) is 4.90 Å². The van der Waals surface area contributed by atoms with Crippen LogP contribution in [0.4, 0.5) is 13.2 Å². The molecule has 0 aliphatic heterocycles. The molecule has 28 heavy (non-hydrogen) atoms. The number of para-hydroxylation sites is 1. The fraction of sp³-hybridized carbons (Fsp3) is 0.368. The first kappa shape index (κ1) is 19.8. The summed E-state index contributed by atoms with van der Waals surface area (Å²) in [5.74, 6) is -1.93. The van der Waals surface area contributed by atoms with Gasteiger partial charge in [-0.3, -0.25) is 4.79 Å². The minimum Gasteiger partial charge on any atom is -0.478 e. The van der Waals surface area contributed by atoms with Gasteiger partial charge in [0.2, 0.25) is 5.91 Å². The van der Waals surface area contributed by atoms with Crippen molar-refractivity contribution in [2.24, 2.45) is 5.92 Å². The van der Waals surface area contributed by atoms with E-state index in [0.717, 1.165) is 0 Å². The number of carbonyl (C=O) groups is 2. The molecule has 2 unspecified atom stereocenters. The summed E-state index contributed by atoms with van der Waals surface area (Å²) in [6, 6.07) is 7.15. The third-order valence-corrected chi connectivity index (χ3v) is 4.62. The normalized spacial score (nSPS) is 18.6. The van der Waals surface area contributed by atoms with Gasteiger partial charge in [-0.15, -0.1) is 13.2 Å². The van der Waals surface area contributed by atoms with E-state index in [9.17, 15) is 22.8 Å². The molecule has 2 aromatic rings. The molecule has 1 fully saturated rings. The van der Waals surface area contributed by atoms with Crippen molar-refractivity contribution in [3.05, 3.63) is 53.0 Å². The Hall–Kier alpha value is -2.97. The monoisotopic (exact) mass is 397 g/mol. The molecule has 1 amide bonds. The molecule has 1 aromatic heterocycles. The van der Waals surface area contributed by atoms with Crippen LogP contribution in [0.2, 0.25) is 0 Å². The van der Waals surface area contributed by atoms with Gasteiger partial charge in [-0.1, -0.05) is 18.2 Å². The molecule has 6 nitrogen and oxygen atoms in total. The first-order valence-corrected chi connectivity index (χ1v) is 8.49. The Morgan fingerprint density at radius 1 is 1.32 bits per heavy atom. The minimum atomic E-state index is -4.81. The number of alkyl halides is 3. The standard InChI is InChI=1S/C19H18F3NO5/c1-10-13(18(25)26)7-11(27-10)9-23(2)17(24)15-8-14(15)12-5-3-4-6-16(12)28-19(20,21)22/h3-7,14-15H,8-9H2,1-2H3,(H,25,26).